The Balaban J connectivity index is 3.40. The molecule has 0 aromatic rings. The van der Waals surface area contributed by atoms with Crippen molar-refractivity contribution in [2.24, 2.45) is 5.92 Å². The fourth-order valence-corrected chi connectivity index (χ4v) is 1.09. The smallest absolute Gasteiger partial charge is 0.308 e. The number of carbonyl (C=O) groups excluding carboxylic acids is 3. The SMILES string of the molecule is CC(=O)OCCCOC(=O)CCCOC(=O)C(C)C. The van der Waals surface area contributed by atoms with Crippen LogP contribution in [0.15, 0.2) is 0 Å². The maximum Gasteiger partial charge on any atom is 0.308 e. The van der Waals surface area contributed by atoms with Crippen molar-refractivity contribution in [2.75, 3.05) is 19.8 Å². The van der Waals surface area contributed by atoms with E-state index in [0.717, 1.165) is 0 Å². The van der Waals surface area contributed by atoms with Gasteiger partial charge in [0.1, 0.15) is 0 Å². The molecular formula is C13H22O6. The molecule has 19 heavy (non-hydrogen) atoms. The molecule has 0 aliphatic heterocycles. The van der Waals surface area contributed by atoms with E-state index < -0.39 is 0 Å². The summed E-state index contributed by atoms with van der Waals surface area (Å²) in [5.74, 6) is -1.12. The van der Waals surface area contributed by atoms with Crippen LogP contribution in [-0.2, 0) is 28.6 Å². The van der Waals surface area contributed by atoms with Gasteiger partial charge in [-0.2, -0.15) is 0 Å². The summed E-state index contributed by atoms with van der Waals surface area (Å²) in [6.07, 6.45) is 1.13. The maximum absolute atomic E-state index is 11.2. The van der Waals surface area contributed by atoms with Crippen LogP contribution < -0.4 is 0 Å². The first kappa shape index (κ1) is 17.4. The Morgan fingerprint density at radius 2 is 1.47 bits per heavy atom. The highest BCUT2D eigenvalue weighted by atomic mass is 16.5. The lowest BCUT2D eigenvalue weighted by Gasteiger charge is -2.07. The summed E-state index contributed by atoms with van der Waals surface area (Å²) >= 11 is 0. The Labute approximate surface area is 113 Å². The Morgan fingerprint density at radius 1 is 0.895 bits per heavy atom. The summed E-state index contributed by atoms with van der Waals surface area (Å²) in [5.41, 5.74) is 0. The zero-order chi connectivity index (χ0) is 14.7. The van der Waals surface area contributed by atoms with Crippen molar-refractivity contribution in [3.8, 4) is 0 Å². The van der Waals surface area contributed by atoms with Crippen molar-refractivity contribution < 1.29 is 28.6 Å². The predicted molar refractivity (Wildman–Crippen MR) is 67.2 cm³/mol. The number of carbonyl (C=O) groups is 3. The topological polar surface area (TPSA) is 78.9 Å². The number of ether oxygens (including phenoxy) is 3. The van der Waals surface area contributed by atoms with Crippen LogP contribution in [0.4, 0.5) is 0 Å². The van der Waals surface area contributed by atoms with Gasteiger partial charge in [0.2, 0.25) is 0 Å². The minimum Gasteiger partial charge on any atom is -0.466 e. The van der Waals surface area contributed by atoms with Gasteiger partial charge in [-0.1, -0.05) is 13.8 Å². The molecular weight excluding hydrogens is 252 g/mol. The fraction of sp³-hybridized carbons (Fsp3) is 0.769. The Kier molecular flexibility index (Phi) is 9.48. The quantitative estimate of drug-likeness (QED) is 0.360. The third-order valence-corrected chi connectivity index (χ3v) is 2.10. The van der Waals surface area contributed by atoms with Gasteiger partial charge in [0.15, 0.2) is 0 Å². The van der Waals surface area contributed by atoms with Crippen molar-refractivity contribution in [1.29, 1.82) is 0 Å². The molecule has 0 aromatic carbocycles. The second-order valence-corrected chi connectivity index (χ2v) is 4.34. The highest BCUT2D eigenvalue weighted by molar-refractivity contribution is 5.71. The van der Waals surface area contributed by atoms with Gasteiger partial charge in [0, 0.05) is 19.8 Å². The second-order valence-electron chi connectivity index (χ2n) is 4.34. The molecule has 110 valence electrons. The van der Waals surface area contributed by atoms with Gasteiger partial charge in [-0.15, -0.1) is 0 Å². The monoisotopic (exact) mass is 274 g/mol. The molecule has 0 rings (SSSR count). The molecule has 0 N–H and O–H groups in total. The minimum atomic E-state index is -0.349. The van der Waals surface area contributed by atoms with Gasteiger partial charge in [-0.3, -0.25) is 14.4 Å². The number of esters is 3. The van der Waals surface area contributed by atoms with Crippen molar-refractivity contribution in [1.82, 2.24) is 0 Å². The van der Waals surface area contributed by atoms with E-state index in [0.29, 0.717) is 12.8 Å². The van der Waals surface area contributed by atoms with Gasteiger partial charge in [0.25, 0.3) is 0 Å². The van der Waals surface area contributed by atoms with E-state index in [1.165, 1.54) is 6.92 Å². The molecule has 6 nitrogen and oxygen atoms in total. The molecule has 0 unspecified atom stereocenters. The molecule has 6 heteroatoms. The molecule has 0 aromatic heterocycles. The summed E-state index contributed by atoms with van der Waals surface area (Å²) < 4.78 is 14.5. The van der Waals surface area contributed by atoms with E-state index in [4.69, 9.17) is 9.47 Å². The molecule has 0 bridgehead atoms. The minimum absolute atomic E-state index is 0.159. The summed E-state index contributed by atoms with van der Waals surface area (Å²) in [7, 11) is 0. The normalized spacial score (nSPS) is 10.1. The average Bonchev–Trinajstić information content (AvgIpc) is 2.33. The molecule has 0 heterocycles. The lowest BCUT2D eigenvalue weighted by Crippen LogP contribution is -2.14. The first-order chi connectivity index (χ1) is 8.93. The Hall–Kier alpha value is -1.59. The Morgan fingerprint density at radius 3 is 2.05 bits per heavy atom. The standard InChI is InChI=1S/C13H22O6/c1-10(2)13(16)19-7-4-6-12(15)18-9-5-8-17-11(3)14/h10H,4-9H2,1-3H3. The molecule has 0 saturated carbocycles. The average molecular weight is 274 g/mol. The largest absolute Gasteiger partial charge is 0.466 e. The molecule has 0 saturated heterocycles. The van der Waals surface area contributed by atoms with Crippen LogP contribution in [0, 0.1) is 5.92 Å². The lowest BCUT2D eigenvalue weighted by atomic mass is 10.2. The van der Waals surface area contributed by atoms with Crippen LogP contribution in [0.2, 0.25) is 0 Å². The maximum atomic E-state index is 11.2. The molecule has 0 spiro atoms. The van der Waals surface area contributed by atoms with Crippen LogP contribution in [0.3, 0.4) is 0 Å². The van der Waals surface area contributed by atoms with E-state index in [9.17, 15) is 14.4 Å². The van der Waals surface area contributed by atoms with Gasteiger partial charge in [-0.05, 0) is 6.42 Å². The van der Waals surface area contributed by atoms with Crippen LogP contribution in [0.1, 0.15) is 40.0 Å². The van der Waals surface area contributed by atoms with Crippen molar-refractivity contribution in [3.63, 3.8) is 0 Å². The summed E-state index contributed by atoms with van der Waals surface area (Å²) in [4.78, 5) is 32.8. The summed E-state index contributed by atoms with van der Waals surface area (Å²) in [5, 5.41) is 0. The van der Waals surface area contributed by atoms with Gasteiger partial charge >= 0.3 is 17.9 Å². The van der Waals surface area contributed by atoms with Crippen molar-refractivity contribution in [2.45, 2.75) is 40.0 Å². The molecule has 0 atom stereocenters. The van der Waals surface area contributed by atoms with Gasteiger partial charge < -0.3 is 14.2 Å². The second kappa shape index (κ2) is 10.3. The van der Waals surface area contributed by atoms with E-state index >= 15 is 0 Å². The molecule has 0 amide bonds. The van der Waals surface area contributed by atoms with E-state index in [1.807, 2.05) is 0 Å². The highest BCUT2D eigenvalue weighted by Crippen LogP contribution is 1.99. The Bertz CT molecular complexity index is 298. The summed E-state index contributed by atoms with van der Waals surface area (Å²) in [6.45, 7) is 5.51. The van der Waals surface area contributed by atoms with E-state index in [-0.39, 0.29) is 50.1 Å². The zero-order valence-electron chi connectivity index (χ0n) is 11.8. The first-order valence-corrected chi connectivity index (χ1v) is 6.39. The van der Waals surface area contributed by atoms with E-state index in [1.54, 1.807) is 13.8 Å². The molecule has 0 radical (unpaired) electrons. The van der Waals surface area contributed by atoms with Gasteiger partial charge in [0.05, 0.1) is 25.7 Å². The van der Waals surface area contributed by atoms with Gasteiger partial charge in [-0.25, -0.2) is 0 Å². The van der Waals surface area contributed by atoms with Crippen LogP contribution in [-0.4, -0.2) is 37.7 Å². The number of rotatable bonds is 9. The molecule has 0 fully saturated rings. The lowest BCUT2D eigenvalue weighted by molar-refractivity contribution is -0.150. The van der Waals surface area contributed by atoms with Crippen molar-refractivity contribution in [3.05, 3.63) is 0 Å². The summed E-state index contributed by atoms with van der Waals surface area (Å²) in [6, 6.07) is 0. The third kappa shape index (κ3) is 11.2. The first-order valence-electron chi connectivity index (χ1n) is 6.39. The van der Waals surface area contributed by atoms with Crippen molar-refractivity contribution >= 4 is 17.9 Å². The van der Waals surface area contributed by atoms with Crippen LogP contribution in [0.5, 0.6) is 0 Å². The molecule has 0 aliphatic rings. The zero-order valence-corrected chi connectivity index (χ0v) is 11.8. The molecule has 0 aliphatic carbocycles. The van der Waals surface area contributed by atoms with Crippen LogP contribution in [0.25, 0.3) is 0 Å². The number of hydrogen-bond acceptors (Lipinski definition) is 6. The number of hydrogen-bond donors (Lipinski definition) is 0. The highest BCUT2D eigenvalue weighted by Gasteiger charge is 2.08. The third-order valence-electron chi connectivity index (χ3n) is 2.10. The fourth-order valence-electron chi connectivity index (χ4n) is 1.09. The van der Waals surface area contributed by atoms with Crippen LogP contribution >= 0.6 is 0 Å². The predicted octanol–water partition coefficient (Wildman–Crippen LogP) is 1.46. The van der Waals surface area contributed by atoms with E-state index in [2.05, 4.69) is 4.74 Å².